The number of benzene rings is 2. The summed E-state index contributed by atoms with van der Waals surface area (Å²) in [5.74, 6) is -0.353. The molecule has 0 aromatic heterocycles. The molecule has 2 atom stereocenters. The standard InChI is InChI=1S/C23H28N2O3/c1-15-10-12-17(13-11-15)23(3,4)24-22(27)21-20(25(5)19(26)14-28-21)18-9-7-6-8-16(18)2/h6-13,20-21H,14H2,1-5H3,(H,24,27)/t20-,21+/m1/s1. The fraction of sp³-hybridized carbons (Fsp3) is 0.391. The largest absolute Gasteiger partial charge is 0.356 e. The van der Waals surface area contributed by atoms with Crippen molar-refractivity contribution in [2.24, 2.45) is 0 Å². The van der Waals surface area contributed by atoms with Crippen molar-refractivity contribution < 1.29 is 14.3 Å². The van der Waals surface area contributed by atoms with Crippen molar-refractivity contribution in [3.63, 3.8) is 0 Å². The molecule has 3 rings (SSSR count). The van der Waals surface area contributed by atoms with Gasteiger partial charge in [-0.3, -0.25) is 9.59 Å². The topological polar surface area (TPSA) is 58.6 Å². The maximum absolute atomic E-state index is 13.2. The van der Waals surface area contributed by atoms with E-state index >= 15 is 0 Å². The van der Waals surface area contributed by atoms with Crippen LogP contribution < -0.4 is 5.32 Å². The van der Waals surface area contributed by atoms with E-state index in [4.69, 9.17) is 4.74 Å². The maximum atomic E-state index is 13.2. The summed E-state index contributed by atoms with van der Waals surface area (Å²) in [5.41, 5.74) is 3.56. The van der Waals surface area contributed by atoms with Gasteiger partial charge in [-0.25, -0.2) is 0 Å². The lowest BCUT2D eigenvalue weighted by Crippen LogP contribution is -2.55. The predicted octanol–water partition coefficient (Wildman–Crippen LogP) is 3.25. The minimum atomic E-state index is -0.770. The number of ether oxygens (including phenoxy) is 1. The molecule has 2 aromatic carbocycles. The number of aryl methyl sites for hydroxylation is 2. The summed E-state index contributed by atoms with van der Waals surface area (Å²) >= 11 is 0. The third-order valence-corrected chi connectivity index (χ3v) is 5.46. The number of hydrogen-bond acceptors (Lipinski definition) is 3. The van der Waals surface area contributed by atoms with Crippen LogP contribution >= 0.6 is 0 Å². The number of likely N-dealkylation sites (N-methyl/N-ethyl adjacent to an activating group) is 1. The molecule has 0 aliphatic carbocycles. The van der Waals surface area contributed by atoms with Gasteiger partial charge in [0.25, 0.3) is 5.91 Å². The van der Waals surface area contributed by atoms with E-state index in [0.717, 1.165) is 16.7 Å². The van der Waals surface area contributed by atoms with Crippen LogP contribution in [0.15, 0.2) is 48.5 Å². The van der Waals surface area contributed by atoms with Crippen LogP contribution in [-0.2, 0) is 19.9 Å². The van der Waals surface area contributed by atoms with E-state index in [9.17, 15) is 9.59 Å². The first kappa shape index (κ1) is 20.1. The average Bonchev–Trinajstić information content (AvgIpc) is 2.64. The second-order valence-corrected chi connectivity index (χ2v) is 8.02. The molecule has 0 bridgehead atoms. The first-order valence-electron chi connectivity index (χ1n) is 9.52. The van der Waals surface area contributed by atoms with Crippen LogP contribution in [0.2, 0.25) is 0 Å². The third kappa shape index (κ3) is 3.94. The molecule has 5 nitrogen and oxygen atoms in total. The third-order valence-electron chi connectivity index (χ3n) is 5.46. The highest BCUT2D eigenvalue weighted by Gasteiger charge is 2.42. The van der Waals surface area contributed by atoms with Crippen molar-refractivity contribution in [2.75, 3.05) is 13.7 Å². The van der Waals surface area contributed by atoms with Gasteiger partial charge in [-0.1, -0.05) is 54.1 Å². The SMILES string of the molecule is Cc1ccc(C(C)(C)NC(=O)[C@H]2OCC(=O)N(C)[C@@H]2c2ccccc2C)cc1. The molecule has 2 aromatic rings. The first-order valence-corrected chi connectivity index (χ1v) is 9.52. The highest BCUT2D eigenvalue weighted by Crippen LogP contribution is 2.32. The molecule has 1 aliphatic rings. The van der Waals surface area contributed by atoms with Crippen molar-refractivity contribution >= 4 is 11.8 Å². The lowest BCUT2D eigenvalue weighted by atomic mass is 9.91. The molecule has 1 heterocycles. The van der Waals surface area contributed by atoms with Gasteiger partial charge in [0, 0.05) is 7.05 Å². The minimum Gasteiger partial charge on any atom is -0.356 e. The van der Waals surface area contributed by atoms with Crippen molar-refractivity contribution in [1.82, 2.24) is 10.2 Å². The number of nitrogens with one attached hydrogen (secondary N) is 1. The molecule has 2 amide bonds. The Kier molecular flexibility index (Phi) is 5.57. The Balaban J connectivity index is 1.89. The van der Waals surface area contributed by atoms with Gasteiger partial charge in [0.05, 0.1) is 11.6 Å². The minimum absolute atomic E-state index is 0.0953. The molecule has 0 saturated carbocycles. The zero-order valence-corrected chi connectivity index (χ0v) is 17.2. The second kappa shape index (κ2) is 7.76. The summed E-state index contributed by atoms with van der Waals surface area (Å²) in [6, 6.07) is 15.4. The summed E-state index contributed by atoms with van der Waals surface area (Å²) in [5, 5.41) is 3.11. The Labute approximate surface area is 166 Å². The Morgan fingerprint density at radius 1 is 1.11 bits per heavy atom. The molecule has 28 heavy (non-hydrogen) atoms. The van der Waals surface area contributed by atoms with Crippen molar-refractivity contribution in [3.05, 3.63) is 70.8 Å². The lowest BCUT2D eigenvalue weighted by molar-refractivity contribution is -0.162. The number of amides is 2. The molecule has 5 heteroatoms. The Morgan fingerprint density at radius 2 is 1.75 bits per heavy atom. The van der Waals surface area contributed by atoms with Gasteiger partial charge in [0.1, 0.15) is 6.61 Å². The van der Waals surface area contributed by atoms with Gasteiger partial charge in [-0.2, -0.15) is 0 Å². The lowest BCUT2D eigenvalue weighted by Gasteiger charge is -2.40. The van der Waals surface area contributed by atoms with E-state index in [0.29, 0.717) is 0 Å². The zero-order chi connectivity index (χ0) is 20.5. The number of morpholine rings is 1. The van der Waals surface area contributed by atoms with E-state index in [2.05, 4.69) is 5.32 Å². The number of carbonyl (C=O) groups is 2. The fourth-order valence-corrected chi connectivity index (χ4v) is 3.64. The van der Waals surface area contributed by atoms with E-state index in [1.54, 1.807) is 11.9 Å². The average molecular weight is 380 g/mol. The van der Waals surface area contributed by atoms with E-state index < -0.39 is 17.7 Å². The number of hydrogen-bond donors (Lipinski definition) is 1. The van der Waals surface area contributed by atoms with Crippen molar-refractivity contribution in [1.29, 1.82) is 0 Å². The van der Waals surface area contributed by atoms with Gasteiger partial charge >= 0.3 is 0 Å². The van der Waals surface area contributed by atoms with Crippen LogP contribution in [-0.4, -0.2) is 36.5 Å². The normalized spacial score (nSPS) is 20.2. The van der Waals surface area contributed by atoms with Gasteiger partial charge in [0.2, 0.25) is 5.91 Å². The molecule has 0 unspecified atom stereocenters. The summed E-state index contributed by atoms with van der Waals surface area (Å²) in [4.78, 5) is 27.1. The fourth-order valence-electron chi connectivity index (χ4n) is 3.64. The van der Waals surface area contributed by atoms with E-state index in [1.165, 1.54) is 5.56 Å². The van der Waals surface area contributed by atoms with Crippen LogP contribution in [0.1, 0.15) is 42.1 Å². The van der Waals surface area contributed by atoms with Crippen molar-refractivity contribution in [3.8, 4) is 0 Å². The van der Waals surface area contributed by atoms with E-state index in [1.807, 2.05) is 76.2 Å². The Hall–Kier alpha value is -2.66. The summed E-state index contributed by atoms with van der Waals surface area (Å²) in [6.45, 7) is 7.85. The molecular weight excluding hydrogens is 352 g/mol. The molecule has 148 valence electrons. The Morgan fingerprint density at radius 3 is 2.39 bits per heavy atom. The molecule has 1 aliphatic heterocycles. The summed E-state index contributed by atoms with van der Waals surface area (Å²) in [6.07, 6.45) is -0.770. The first-order chi connectivity index (χ1) is 13.2. The maximum Gasteiger partial charge on any atom is 0.252 e. The highest BCUT2D eigenvalue weighted by molar-refractivity contribution is 5.87. The van der Waals surface area contributed by atoms with E-state index in [-0.39, 0.29) is 18.4 Å². The number of nitrogens with zero attached hydrogens (tertiary/aromatic N) is 1. The van der Waals surface area contributed by atoms with Crippen LogP contribution in [0.3, 0.4) is 0 Å². The van der Waals surface area contributed by atoms with Gasteiger partial charge in [-0.15, -0.1) is 0 Å². The van der Waals surface area contributed by atoms with Gasteiger partial charge in [-0.05, 0) is 44.4 Å². The molecule has 1 fully saturated rings. The quantitative estimate of drug-likeness (QED) is 0.886. The van der Waals surface area contributed by atoms with Gasteiger partial charge < -0.3 is 15.0 Å². The van der Waals surface area contributed by atoms with Gasteiger partial charge in [0.15, 0.2) is 6.10 Å². The summed E-state index contributed by atoms with van der Waals surface area (Å²) < 4.78 is 5.74. The molecule has 0 spiro atoms. The Bertz CT molecular complexity index is 874. The molecule has 1 saturated heterocycles. The van der Waals surface area contributed by atoms with Crippen molar-refractivity contribution in [2.45, 2.75) is 45.4 Å². The molecular formula is C23H28N2O3. The highest BCUT2D eigenvalue weighted by atomic mass is 16.5. The second-order valence-electron chi connectivity index (χ2n) is 8.02. The monoisotopic (exact) mass is 380 g/mol. The van der Waals surface area contributed by atoms with Crippen LogP contribution in [0, 0.1) is 13.8 Å². The number of carbonyl (C=O) groups excluding carboxylic acids is 2. The summed E-state index contributed by atoms with van der Waals surface area (Å²) in [7, 11) is 1.73. The van der Waals surface area contributed by atoms with Crippen LogP contribution in [0.5, 0.6) is 0 Å². The van der Waals surface area contributed by atoms with Crippen LogP contribution in [0.25, 0.3) is 0 Å². The molecule has 1 N–H and O–H groups in total. The predicted molar refractivity (Wildman–Crippen MR) is 109 cm³/mol. The smallest absolute Gasteiger partial charge is 0.252 e. The molecule has 0 radical (unpaired) electrons. The zero-order valence-electron chi connectivity index (χ0n) is 17.2. The number of rotatable bonds is 4. The van der Waals surface area contributed by atoms with Crippen LogP contribution in [0.4, 0.5) is 0 Å².